The van der Waals surface area contributed by atoms with Crippen molar-refractivity contribution in [2.24, 2.45) is 5.92 Å². The molecule has 2 aliphatic heterocycles. The molecule has 1 saturated carbocycles. The van der Waals surface area contributed by atoms with E-state index in [2.05, 4.69) is 55.7 Å². The van der Waals surface area contributed by atoms with Crippen LogP contribution in [0.4, 0.5) is 0 Å². The molecule has 0 spiro atoms. The Kier molecular flexibility index (Phi) is 6.97. The number of piperidine rings is 1. The third-order valence-electron chi connectivity index (χ3n) is 9.57. The van der Waals surface area contributed by atoms with Crippen molar-refractivity contribution in [2.45, 2.75) is 108 Å². The molecule has 5 heteroatoms. The number of rotatable bonds is 8. The van der Waals surface area contributed by atoms with Gasteiger partial charge >= 0.3 is 0 Å². The van der Waals surface area contributed by atoms with E-state index in [1.165, 1.54) is 49.9 Å². The lowest BCUT2D eigenvalue weighted by Gasteiger charge is -2.43. The van der Waals surface area contributed by atoms with Gasteiger partial charge in [0.2, 0.25) is 0 Å². The Hall–Kier alpha value is -1.56. The van der Waals surface area contributed by atoms with Gasteiger partial charge in [-0.15, -0.1) is 0 Å². The first-order valence-corrected chi connectivity index (χ1v) is 14.0. The Morgan fingerprint density at radius 2 is 1.94 bits per heavy atom. The van der Waals surface area contributed by atoms with E-state index in [-0.39, 0.29) is 23.7 Å². The van der Waals surface area contributed by atoms with Gasteiger partial charge in [-0.3, -0.25) is 9.80 Å². The molecular weight excluding hydrogens is 436 g/mol. The molecule has 0 bridgehead atoms. The maximum Gasteiger partial charge on any atom is 0.165 e. The summed E-state index contributed by atoms with van der Waals surface area (Å²) in [5.74, 6) is 2.60. The number of benzene rings is 1. The fraction of sp³-hybridized carbons (Fsp3) is 0.733. The summed E-state index contributed by atoms with van der Waals surface area (Å²) in [4.78, 5) is 5.52. The van der Waals surface area contributed by atoms with Crippen molar-refractivity contribution >= 4 is 0 Å². The number of hydrogen-bond donors (Lipinski definition) is 1. The SMILES string of the molecule is CCCN(Cc1ccc(OC)c2c1C1C=C[C@H](O)CC[C@@H]1O2)C(C)(C)C1CC1(C)N1CCCCC1. The lowest BCUT2D eigenvalue weighted by atomic mass is 9.87. The van der Waals surface area contributed by atoms with Crippen LogP contribution in [-0.2, 0) is 6.54 Å². The molecule has 0 aromatic heterocycles. The van der Waals surface area contributed by atoms with Gasteiger partial charge in [0.05, 0.1) is 13.2 Å². The smallest absolute Gasteiger partial charge is 0.165 e. The molecule has 1 saturated heterocycles. The van der Waals surface area contributed by atoms with Gasteiger partial charge in [0.25, 0.3) is 0 Å². The van der Waals surface area contributed by atoms with Crippen molar-refractivity contribution in [3.05, 3.63) is 35.4 Å². The van der Waals surface area contributed by atoms with Crippen molar-refractivity contribution in [1.29, 1.82) is 0 Å². The molecule has 0 amide bonds. The summed E-state index contributed by atoms with van der Waals surface area (Å²) >= 11 is 0. The zero-order valence-electron chi connectivity index (χ0n) is 22.6. The summed E-state index contributed by atoms with van der Waals surface area (Å²) in [6, 6.07) is 4.35. The summed E-state index contributed by atoms with van der Waals surface area (Å²) in [5.41, 5.74) is 3.07. The van der Waals surface area contributed by atoms with Crippen molar-refractivity contribution in [3.63, 3.8) is 0 Å². The Morgan fingerprint density at radius 3 is 2.66 bits per heavy atom. The standard InChI is InChI=1S/C30H46N2O3/c1-6-16-32(29(2,3)26-19-30(26,4)31-17-8-7-9-18-31)20-21-10-14-25(34-5)28-27(21)23-13-11-22(33)12-15-24(23)35-28/h10-11,13-14,22-24,26,33H,6-9,12,15-20H2,1-5H3/t22-,23?,24-,26?,30?/m0/s1. The Bertz CT molecular complexity index is 938. The lowest BCUT2D eigenvalue weighted by Crippen LogP contribution is -2.51. The van der Waals surface area contributed by atoms with Gasteiger partial charge in [-0.1, -0.05) is 31.6 Å². The maximum atomic E-state index is 10.2. The highest BCUT2D eigenvalue weighted by atomic mass is 16.5. The first-order valence-electron chi connectivity index (χ1n) is 14.0. The minimum Gasteiger partial charge on any atom is -0.493 e. The molecule has 4 aliphatic rings. The second kappa shape index (κ2) is 9.72. The Morgan fingerprint density at radius 1 is 1.17 bits per heavy atom. The third kappa shape index (κ3) is 4.53. The molecule has 1 N–H and O–H groups in total. The van der Waals surface area contributed by atoms with Crippen LogP contribution in [0.3, 0.4) is 0 Å². The maximum absolute atomic E-state index is 10.2. The molecule has 194 valence electrons. The molecule has 2 fully saturated rings. The molecule has 2 aliphatic carbocycles. The fourth-order valence-electron chi connectivity index (χ4n) is 7.34. The van der Waals surface area contributed by atoms with Crippen LogP contribution >= 0.6 is 0 Å². The number of methoxy groups -OCH3 is 1. The molecule has 0 radical (unpaired) electrons. The summed E-state index contributed by atoms with van der Waals surface area (Å²) in [6.45, 7) is 14.3. The monoisotopic (exact) mass is 482 g/mol. The lowest BCUT2D eigenvalue weighted by molar-refractivity contribution is 0.0543. The topological polar surface area (TPSA) is 45.2 Å². The Balaban J connectivity index is 1.43. The molecule has 1 aromatic carbocycles. The van der Waals surface area contributed by atoms with E-state index in [1.54, 1.807) is 7.11 Å². The zero-order chi connectivity index (χ0) is 24.8. The van der Waals surface area contributed by atoms with Crippen molar-refractivity contribution in [3.8, 4) is 11.5 Å². The van der Waals surface area contributed by atoms with E-state index in [0.29, 0.717) is 11.5 Å². The van der Waals surface area contributed by atoms with Gasteiger partial charge in [-0.25, -0.2) is 0 Å². The largest absolute Gasteiger partial charge is 0.493 e. The number of nitrogens with zero attached hydrogens (tertiary/aromatic N) is 2. The van der Waals surface area contributed by atoms with E-state index in [4.69, 9.17) is 9.47 Å². The van der Waals surface area contributed by atoms with Crippen LogP contribution in [0.5, 0.6) is 11.5 Å². The predicted octanol–water partition coefficient (Wildman–Crippen LogP) is 5.51. The van der Waals surface area contributed by atoms with Crippen molar-refractivity contribution < 1.29 is 14.6 Å². The fourth-order valence-corrected chi connectivity index (χ4v) is 7.34. The van der Waals surface area contributed by atoms with Crippen LogP contribution in [-0.4, -0.2) is 64.9 Å². The average Bonchev–Trinajstić information content (AvgIpc) is 3.49. The number of ether oxygens (including phenoxy) is 2. The summed E-state index contributed by atoms with van der Waals surface area (Å²) < 4.78 is 12.2. The van der Waals surface area contributed by atoms with E-state index >= 15 is 0 Å². The van der Waals surface area contributed by atoms with Crippen molar-refractivity contribution in [1.82, 2.24) is 9.80 Å². The minimum absolute atomic E-state index is 0.0758. The average molecular weight is 483 g/mol. The molecule has 5 atom stereocenters. The minimum atomic E-state index is -0.375. The number of aliphatic hydroxyl groups excluding tert-OH is 1. The normalized spacial score (nSPS) is 32.7. The van der Waals surface area contributed by atoms with Crippen molar-refractivity contribution in [2.75, 3.05) is 26.7 Å². The van der Waals surface area contributed by atoms with Crippen LogP contribution in [0.1, 0.15) is 89.7 Å². The highest BCUT2D eigenvalue weighted by molar-refractivity contribution is 5.57. The van der Waals surface area contributed by atoms with E-state index in [0.717, 1.165) is 43.9 Å². The van der Waals surface area contributed by atoms with Gasteiger partial charge in [-0.05, 0) is 96.5 Å². The van der Waals surface area contributed by atoms with Crippen LogP contribution in [0, 0.1) is 5.92 Å². The van der Waals surface area contributed by atoms with Crippen LogP contribution < -0.4 is 9.47 Å². The second-order valence-corrected chi connectivity index (χ2v) is 12.1. The third-order valence-corrected chi connectivity index (χ3v) is 9.57. The molecule has 5 rings (SSSR count). The number of aliphatic hydroxyl groups is 1. The van der Waals surface area contributed by atoms with E-state index in [9.17, 15) is 5.11 Å². The predicted molar refractivity (Wildman–Crippen MR) is 141 cm³/mol. The summed E-state index contributed by atoms with van der Waals surface area (Å²) in [7, 11) is 1.73. The molecule has 3 unspecified atom stereocenters. The zero-order valence-corrected chi connectivity index (χ0v) is 22.6. The molecule has 5 nitrogen and oxygen atoms in total. The quantitative estimate of drug-likeness (QED) is 0.495. The summed E-state index contributed by atoms with van der Waals surface area (Å²) in [5, 5.41) is 10.2. The first-order chi connectivity index (χ1) is 16.8. The number of fused-ring (bicyclic) bond motifs is 3. The van der Waals surface area contributed by atoms with Crippen LogP contribution in [0.25, 0.3) is 0 Å². The van der Waals surface area contributed by atoms with Gasteiger partial charge < -0.3 is 14.6 Å². The highest BCUT2D eigenvalue weighted by Crippen LogP contribution is 2.57. The van der Waals surface area contributed by atoms with Crippen LogP contribution in [0.2, 0.25) is 0 Å². The molecule has 1 aromatic rings. The Labute approximate surface area is 212 Å². The number of hydrogen-bond acceptors (Lipinski definition) is 5. The van der Waals surface area contributed by atoms with Gasteiger partial charge in [0.1, 0.15) is 6.10 Å². The van der Waals surface area contributed by atoms with E-state index in [1.807, 2.05) is 6.08 Å². The molecular formula is C30H46N2O3. The van der Waals surface area contributed by atoms with Gasteiger partial charge in [-0.2, -0.15) is 0 Å². The molecule has 35 heavy (non-hydrogen) atoms. The van der Waals surface area contributed by atoms with Crippen LogP contribution in [0.15, 0.2) is 24.3 Å². The summed E-state index contributed by atoms with van der Waals surface area (Å²) in [6.07, 6.45) is 12.0. The highest BCUT2D eigenvalue weighted by Gasteiger charge is 2.61. The second-order valence-electron chi connectivity index (χ2n) is 12.1. The van der Waals surface area contributed by atoms with E-state index < -0.39 is 0 Å². The molecule has 2 heterocycles. The number of likely N-dealkylation sites (tertiary alicyclic amines) is 1. The van der Waals surface area contributed by atoms with Gasteiger partial charge in [0, 0.05) is 29.1 Å². The van der Waals surface area contributed by atoms with Gasteiger partial charge in [0.15, 0.2) is 11.5 Å². The first kappa shape index (κ1) is 25.1.